The number of benzene rings is 1. The molecule has 1 aromatic carbocycles. The molecule has 0 aliphatic carbocycles. The van der Waals surface area contributed by atoms with Crippen molar-refractivity contribution < 1.29 is 0 Å². The van der Waals surface area contributed by atoms with E-state index in [1.54, 1.807) is 0 Å². The van der Waals surface area contributed by atoms with Crippen LogP contribution >= 0.6 is 15.9 Å². The summed E-state index contributed by atoms with van der Waals surface area (Å²) in [4.78, 5) is 0.440. The van der Waals surface area contributed by atoms with Gasteiger partial charge in [0.25, 0.3) is 0 Å². The summed E-state index contributed by atoms with van der Waals surface area (Å²) < 4.78 is 0. The Labute approximate surface area is 108 Å². The van der Waals surface area contributed by atoms with Crippen molar-refractivity contribution in [2.24, 2.45) is 0 Å². The normalized spacial score (nSPS) is 15.0. The second-order valence-electron chi connectivity index (χ2n) is 5.38. The third kappa shape index (κ3) is 3.79. The Bertz CT molecular complexity index is 363. The van der Waals surface area contributed by atoms with E-state index in [1.165, 1.54) is 16.7 Å². The molecule has 0 N–H and O–H groups in total. The molecular weight excluding hydrogens is 260 g/mol. The van der Waals surface area contributed by atoms with Gasteiger partial charge in [-0.05, 0) is 30.4 Å². The van der Waals surface area contributed by atoms with E-state index in [-0.39, 0.29) is 5.41 Å². The summed E-state index contributed by atoms with van der Waals surface area (Å²) in [6.07, 6.45) is 2.23. The first-order valence-corrected chi connectivity index (χ1v) is 6.65. The molecule has 0 radical (unpaired) electrons. The SMILES string of the molecule is CC(=Cc1ccc(C(C)(C)C)cc1)C(C)Br. The second-order valence-corrected chi connectivity index (χ2v) is 6.75. The molecule has 1 atom stereocenters. The number of hydrogen-bond acceptors (Lipinski definition) is 0. The standard InChI is InChI=1S/C15H21Br/c1-11(12(2)16)10-13-6-8-14(9-7-13)15(3,4)5/h6-10,12H,1-5H3. The van der Waals surface area contributed by atoms with E-state index in [9.17, 15) is 0 Å². The highest BCUT2D eigenvalue weighted by atomic mass is 79.9. The lowest BCUT2D eigenvalue weighted by Gasteiger charge is -2.18. The van der Waals surface area contributed by atoms with Crippen LogP contribution in [0.25, 0.3) is 6.08 Å². The van der Waals surface area contributed by atoms with Crippen LogP contribution in [0.4, 0.5) is 0 Å². The fraction of sp³-hybridized carbons (Fsp3) is 0.467. The maximum atomic E-state index is 3.58. The second kappa shape index (κ2) is 5.18. The van der Waals surface area contributed by atoms with Crippen molar-refractivity contribution in [1.82, 2.24) is 0 Å². The van der Waals surface area contributed by atoms with Crippen LogP contribution < -0.4 is 0 Å². The molecule has 88 valence electrons. The van der Waals surface area contributed by atoms with Gasteiger partial charge in [0.2, 0.25) is 0 Å². The summed E-state index contributed by atoms with van der Waals surface area (Å²) in [6, 6.07) is 8.83. The van der Waals surface area contributed by atoms with Crippen LogP contribution in [0.1, 0.15) is 45.7 Å². The molecule has 0 bridgehead atoms. The van der Waals surface area contributed by atoms with Crippen molar-refractivity contribution in [1.29, 1.82) is 0 Å². The average molecular weight is 281 g/mol. The molecule has 0 nitrogen and oxygen atoms in total. The molecular formula is C15H21Br. The van der Waals surface area contributed by atoms with Gasteiger partial charge in [-0.1, -0.05) is 72.6 Å². The Morgan fingerprint density at radius 3 is 2.06 bits per heavy atom. The Balaban J connectivity index is 2.92. The lowest BCUT2D eigenvalue weighted by molar-refractivity contribution is 0.590. The maximum Gasteiger partial charge on any atom is 0.0326 e. The summed E-state index contributed by atoms with van der Waals surface area (Å²) in [5.74, 6) is 0. The average Bonchev–Trinajstić information content (AvgIpc) is 2.17. The third-order valence-corrected chi connectivity index (χ3v) is 3.52. The first-order valence-electron chi connectivity index (χ1n) is 5.73. The molecule has 0 heterocycles. The minimum Gasteiger partial charge on any atom is -0.0845 e. The quantitative estimate of drug-likeness (QED) is 0.656. The van der Waals surface area contributed by atoms with Crippen LogP contribution in [0, 0.1) is 0 Å². The van der Waals surface area contributed by atoms with Gasteiger partial charge >= 0.3 is 0 Å². The Kier molecular flexibility index (Phi) is 4.37. The van der Waals surface area contributed by atoms with Crippen molar-refractivity contribution >= 4 is 22.0 Å². The molecule has 1 unspecified atom stereocenters. The highest BCUT2D eigenvalue weighted by Crippen LogP contribution is 2.23. The summed E-state index contributed by atoms with van der Waals surface area (Å²) in [7, 11) is 0. The molecule has 1 aromatic rings. The zero-order chi connectivity index (χ0) is 12.3. The molecule has 0 aliphatic heterocycles. The molecule has 0 amide bonds. The van der Waals surface area contributed by atoms with E-state index in [0.29, 0.717) is 4.83 Å². The van der Waals surface area contributed by atoms with Gasteiger partial charge < -0.3 is 0 Å². The zero-order valence-corrected chi connectivity index (χ0v) is 12.4. The maximum absolute atomic E-state index is 3.58. The lowest BCUT2D eigenvalue weighted by Crippen LogP contribution is -2.10. The Hall–Kier alpha value is -0.560. The smallest absolute Gasteiger partial charge is 0.0326 e. The first-order chi connectivity index (χ1) is 7.30. The first kappa shape index (κ1) is 13.5. The molecule has 1 heteroatoms. The Morgan fingerprint density at radius 2 is 1.69 bits per heavy atom. The fourth-order valence-electron chi connectivity index (χ4n) is 1.46. The van der Waals surface area contributed by atoms with Crippen molar-refractivity contribution in [2.45, 2.75) is 44.9 Å². The van der Waals surface area contributed by atoms with Gasteiger partial charge in [-0.15, -0.1) is 0 Å². The van der Waals surface area contributed by atoms with E-state index in [2.05, 4.69) is 80.9 Å². The zero-order valence-electron chi connectivity index (χ0n) is 10.8. The fourth-order valence-corrected chi connectivity index (χ4v) is 1.59. The lowest BCUT2D eigenvalue weighted by atomic mass is 9.86. The molecule has 16 heavy (non-hydrogen) atoms. The van der Waals surface area contributed by atoms with Gasteiger partial charge in [0, 0.05) is 4.83 Å². The van der Waals surface area contributed by atoms with Crippen LogP contribution in [-0.4, -0.2) is 4.83 Å². The van der Waals surface area contributed by atoms with Gasteiger partial charge in [-0.25, -0.2) is 0 Å². The molecule has 0 spiro atoms. The number of hydrogen-bond donors (Lipinski definition) is 0. The van der Waals surface area contributed by atoms with E-state index in [4.69, 9.17) is 0 Å². The molecule has 0 aliphatic rings. The van der Waals surface area contributed by atoms with E-state index in [1.807, 2.05) is 0 Å². The number of halogens is 1. The van der Waals surface area contributed by atoms with E-state index >= 15 is 0 Å². The van der Waals surface area contributed by atoms with Crippen molar-refractivity contribution in [3.8, 4) is 0 Å². The van der Waals surface area contributed by atoms with Crippen molar-refractivity contribution in [3.63, 3.8) is 0 Å². The topological polar surface area (TPSA) is 0 Å². The third-order valence-electron chi connectivity index (χ3n) is 2.80. The highest BCUT2D eigenvalue weighted by Gasteiger charge is 2.12. The van der Waals surface area contributed by atoms with Gasteiger partial charge in [-0.2, -0.15) is 0 Å². The summed E-state index contributed by atoms with van der Waals surface area (Å²) >= 11 is 3.58. The van der Waals surface area contributed by atoms with E-state index in [0.717, 1.165) is 0 Å². The number of allylic oxidation sites excluding steroid dienone is 1. The van der Waals surface area contributed by atoms with Crippen LogP contribution in [0.3, 0.4) is 0 Å². The van der Waals surface area contributed by atoms with Crippen molar-refractivity contribution in [2.75, 3.05) is 0 Å². The Morgan fingerprint density at radius 1 is 1.19 bits per heavy atom. The van der Waals surface area contributed by atoms with Gasteiger partial charge in [0.15, 0.2) is 0 Å². The van der Waals surface area contributed by atoms with Crippen molar-refractivity contribution in [3.05, 3.63) is 41.0 Å². The largest absolute Gasteiger partial charge is 0.0845 e. The van der Waals surface area contributed by atoms with Crippen LogP contribution in [0.2, 0.25) is 0 Å². The van der Waals surface area contributed by atoms with Crippen LogP contribution in [-0.2, 0) is 5.41 Å². The predicted molar refractivity (Wildman–Crippen MR) is 77.2 cm³/mol. The van der Waals surface area contributed by atoms with Gasteiger partial charge in [0.05, 0.1) is 0 Å². The summed E-state index contributed by atoms with van der Waals surface area (Å²) in [5, 5.41) is 0. The molecule has 0 aromatic heterocycles. The van der Waals surface area contributed by atoms with Crippen LogP contribution in [0.15, 0.2) is 29.8 Å². The molecule has 0 saturated carbocycles. The van der Waals surface area contributed by atoms with E-state index < -0.39 is 0 Å². The highest BCUT2D eigenvalue weighted by molar-refractivity contribution is 9.09. The number of rotatable bonds is 2. The van der Waals surface area contributed by atoms with Gasteiger partial charge in [0.1, 0.15) is 0 Å². The monoisotopic (exact) mass is 280 g/mol. The molecule has 0 fully saturated rings. The number of alkyl halides is 1. The molecule has 0 saturated heterocycles. The predicted octanol–water partition coefficient (Wildman–Crippen LogP) is 5.17. The minimum atomic E-state index is 0.236. The minimum absolute atomic E-state index is 0.236. The van der Waals surface area contributed by atoms with Crippen LogP contribution in [0.5, 0.6) is 0 Å². The molecule has 1 rings (SSSR count). The van der Waals surface area contributed by atoms with Gasteiger partial charge in [-0.3, -0.25) is 0 Å². The summed E-state index contributed by atoms with van der Waals surface area (Å²) in [5.41, 5.74) is 4.24. The summed E-state index contributed by atoms with van der Waals surface area (Å²) in [6.45, 7) is 11.0.